The molecule has 0 saturated heterocycles. The van der Waals surface area contributed by atoms with Crippen molar-refractivity contribution in [1.29, 1.82) is 0 Å². The Bertz CT molecular complexity index is 1570. The van der Waals surface area contributed by atoms with E-state index in [1.165, 1.54) is 12.2 Å². The van der Waals surface area contributed by atoms with Crippen LogP contribution in [0.15, 0.2) is 97.1 Å². The number of hydrogen-bond donors (Lipinski definition) is 4. The van der Waals surface area contributed by atoms with Crippen LogP contribution in [0.2, 0.25) is 0 Å². The topological polar surface area (TPSA) is 143 Å². The first kappa shape index (κ1) is 29.8. The molecule has 1 heterocycles. The molecule has 0 unspecified atom stereocenters. The van der Waals surface area contributed by atoms with Crippen LogP contribution in [0.3, 0.4) is 0 Å². The Balaban J connectivity index is 1.54. The maximum Gasteiger partial charge on any atom is 0.330 e. The number of amides is 3. The number of rotatable bonds is 13. The van der Waals surface area contributed by atoms with E-state index in [0.29, 0.717) is 5.69 Å². The molecule has 216 valence electrons. The van der Waals surface area contributed by atoms with Gasteiger partial charge >= 0.3 is 5.97 Å². The Labute approximate surface area is 244 Å². The molecule has 4 aromatic rings. The lowest BCUT2D eigenvalue weighted by Gasteiger charge is -2.22. The molecule has 1 aromatic heterocycles. The Morgan fingerprint density at radius 3 is 2.40 bits per heavy atom. The van der Waals surface area contributed by atoms with Gasteiger partial charge < -0.3 is 26.1 Å². The van der Waals surface area contributed by atoms with Crippen LogP contribution in [0.25, 0.3) is 22.0 Å². The number of fused-ring (bicyclic) bond motifs is 1. The zero-order valence-electron chi connectivity index (χ0n) is 23.3. The Morgan fingerprint density at radius 2 is 1.64 bits per heavy atom. The summed E-state index contributed by atoms with van der Waals surface area (Å²) < 4.78 is 4.92. The lowest BCUT2D eigenvalue weighted by molar-refractivity contribution is -0.137. The van der Waals surface area contributed by atoms with Gasteiger partial charge in [-0.25, -0.2) is 4.79 Å². The number of nitrogens with one attached hydrogen (secondary N) is 3. The average molecular weight is 567 g/mol. The van der Waals surface area contributed by atoms with Crippen molar-refractivity contribution in [3.8, 4) is 11.3 Å². The van der Waals surface area contributed by atoms with E-state index >= 15 is 0 Å². The number of benzene rings is 3. The molecule has 42 heavy (non-hydrogen) atoms. The molecule has 0 bridgehead atoms. The van der Waals surface area contributed by atoms with Gasteiger partial charge in [-0.05, 0) is 41.8 Å². The summed E-state index contributed by atoms with van der Waals surface area (Å²) in [7, 11) is 0. The predicted octanol–water partition coefficient (Wildman–Crippen LogP) is 4.05. The van der Waals surface area contributed by atoms with Crippen molar-refractivity contribution in [1.82, 2.24) is 15.6 Å². The number of H-pyrrole nitrogens is 1. The highest BCUT2D eigenvalue weighted by Crippen LogP contribution is 2.28. The van der Waals surface area contributed by atoms with Gasteiger partial charge in [-0.3, -0.25) is 14.4 Å². The van der Waals surface area contributed by atoms with E-state index in [9.17, 15) is 19.2 Å². The standard InChI is InChI=1S/C33H34N4O5/c1-2-42-31(39)20-16-24(15-19-30(34)38)35-33(41)29(21-22-9-4-3-5-10-22)37-32(40)28-18-17-27(36-28)26-14-8-12-23-11-6-7-13-25(23)26/h3-14,16-18,20,24,29,36H,2,15,19,21H2,1H3,(H2,34,38)(H,35,41)(H,37,40)/t24-,29-/m0/s1. The van der Waals surface area contributed by atoms with E-state index in [4.69, 9.17) is 10.5 Å². The van der Waals surface area contributed by atoms with Crippen LogP contribution in [0.5, 0.6) is 0 Å². The second-order valence-corrected chi connectivity index (χ2v) is 9.76. The molecule has 0 radical (unpaired) electrons. The van der Waals surface area contributed by atoms with Crippen LogP contribution in [0, 0.1) is 0 Å². The van der Waals surface area contributed by atoms with Crippen LogP contribution in [0.1, 0.15) is 35.8 Å². The number of nitrogens with two attached hydrogens (primary N) is 1. The average Bonchev–Trinajstić information content (AvgIpc) is 3.49. The highest BCUT2D eigenvalue weighted by atomic mass is 16.5. The Morgan fingerprint density at radius 1 is 0.905 bits per heavy atom. The van der Waals surface area contributed by atoms with Gasteiger partial charge in [0.1, 0.15) is 11.7 Å². The molecule has 4 rings (SSSR count). The minimum atomic E-state index is -0.948. The smallest absolute Gasteiger partial charge is 0.330 e. The third-order valence-corrected chi connectivity index (χ3v) is 6.70. The molecular formula is C33H34N4O5. The molecule has 0 aliphatic carbocycles. The van der Waals surface area contributed by atoms with Gasteiger partial charge in [0, 0.05) is 36.2 Å². The fraction of sp³-hybridized carbons (Fsp3) is 0.212. The normalized spacial score (nSPS) is 12.5. The number of hydrogen-bond acceptors (Lipinski definition) is 5. The first-order chi connectivity index (χ1) is 20.3. The lowest BCUT2D eigenvalue weighted by Crippen LogP contribution is -2.50. The number of esters is 1. The van der Waals surface area contributed by atoms with Gasteiger partial charge in [0.05, 0.1) is 6.61 Å². The molecule has 9 heteroatoms. The summed E-state index contributed by atoms with van der Waals surface area (Å²) in [5.74, 6) is -2.04. The molecule has 0 saturated carbocycles. The summed E-state index contributed by atoms with van der Waals surface area (Å²) in [6.45, 7) is 1.89. The third kappa shape index (κ3) is 8.17. The minimum Gasteiger partial charge on any atom is -0.463 e. The number of carbonyl (C=O) groups is 4. The SMILES string of the molecule is CCOC(=O)C=C[C@H](CCC(N)=O)NC(=O)[C@H](Cc1ccccc1)NC(=O)c1ccc(-c2cccc3ccccc23)[nH]1. The molecule has 0 fully saturated rings. The van der Waals surface area contributed by atoms with Crippen LogP contribution in [0.4, 0.5) is 0 Å². The second kappa shape index (κ2) is 14.5. The molecule has 3 amide bonds. The van der Waals surface area contributed by atoms with Crippen molar-refractivity contribution in [3.05, 3.63) is 108 Å². The Hall–Kier alpha value is -5.18. The van der Waals surface area contributed by atoms with Gasteiger partial charge in [-0.15, -0.1) is 0 Å². The van der Waals surface area contributed by atoms with Crippen molar-refractivity contribution in [2.45, 2.75) is 38.3 Å². The molecule has 3 aromatic carbocycles. The maximum absolute atomic E-state index is 13.5. The molecule has 2 atom stereocenters. The largest absolute Gasteiger partial charge is 0.463 e. The highest BCUT2D eigenvalue weighted by Gasteiger charge is 2.25. The summed E-state index contributed by atoms with van der Waals surface area (Å²) in [6, 6.07) is 25.2. The van der Waals surface area contributed by atoms with Crippen molar-refractivity contribution >= 4 is 34.5 Å². The zero-order chi connectivity index (χ0) is 29.9. The summed E-state index contributed by atoms with van der Waals surface area (Å²) >= 11 is 0. The van der Waals surface area contributed by atoms with E-state index in [1.54, 1.807) is 13.0 Å². The molecule has 0 spiro atoms. The van der Waals surface area contributed by atoms with Crippen LogP contribution < -0.4 is 16.4 Å². The van der Waals surface area contributed by atoms with E-state index in [1.807, 2.05) is 78.9 Å². The van der Waals surface area contributed by atoms with Crippen molar-refractivity contribution < 1.29 is 23.9 Å². The zero-order valence-corrected chi connectivity index (χ0v) is 23.3. The van der Waals surface area contributed by atoms with Gasteiger partial charge in [-0.1, -0.05) is 78.9 Å². The van der Waals surface area contributed by atoms with Gasteiger partial charge in [-0.2, -0.15) is 0 Å². The first-order valence-corrected chi connectivity index (χ1v) is 13.8. The molecule has 0 aliphatic rings. The highest BCUT2D eigenvalue weighted by molar-refractivity contribution is 5.99. The lowest BCUT2D eigenvalue weighted by atomic mass is 10.0. The van der Waals surface area contributed by atoms with Crippen molar-refractivity contribution in [3.63, 3.8) is 0 Å². The maximum atomic E-state index is 13.5. The van der Waals surface area contributed by atoms with E-state index in [-0.39, 0.29) is 25.9 Å². The van der Waals surface area contributed by atoms with Crippen molar-refractivity contribution in [2.75, 3.05) is 6.61 Å². The van der Waals surface area contributed by atoms with Crippen LogP contribution >= 0.6 is 0 Å². The summed E-state index contributed by atoms with van der Waals surface area (Å²) in [4.78, 5) is 53.4. The second-order valence-electron chi connectivity index (χ2n) is 9.76. The first-order valence-electron chi connectivity index (χ1n) is 13.8. The van der Waals surface area contributed by atoms with Crippen LogP contribution in [-0.2, 0) is 25.5 Å². The van der Waals surface area contributed by atoms with Gasteiger partial charge in [0.15, 0.2) is 0 Å². The summed E-state index contributed by atoms with van der Waals surface area (Å²) in [6.07, 6.45) is 3.05. The number of aromatic nitrogens is 1. The summed E-state index contributed by atoms with van der Waals surface area (Å²) in [5.41, 5.74) is 8.19. The fourth-order valence-corrected chi connectivity index (χ4v) is 4.62. The molecule has 9 nitrogen and oxygen atoms in total. The van der Waals surface area contributed by atoms with Crippen molar-refractivity contribution in [2.24, 2.45) is 5.73 Å². The quantitative estimate of drug-likeness (QED) is 0.143. The summed E-state index contributed by atoms with van der Waals surface area (Å²) in [5, 5.41) is 7.81. The number of carbonyl (C=O) groups excluding carboxylic acids is 4. The number of primary amides is 1. The number of ether oxygens (including phenoxy) is 1. The van der Waals surface area contributed by atoms with E-state index in [0.717, 1.165) is 27.6 Å². The van der Waals surface area contributed by atoms with Gasteiger partial charge in [0.2, 0.25) is 11.8 Å². The van der Waals surface area contributed by atoms with Gasteiger partial charge in [0.25, 0.3) is 5.91 Å². The predicted molar refractivity (Wildman–Crippen MR) is 161 cm³/mol. The van der Waals surface area contributed by atoms with E-state index < -0.39 is 35.8 Å². The monoisotopic (exact) mass is 566 g/mol. The number of aromatic amines is 1. The third-order valence-electron chi connectivity index (χ3n) is 6.70. The van der Waals surface area contributed by atoms with E-state index in [2.05, 4.69) is 15.6 Å². The molecule has 5 N–H and O–H groups in total. The molecular weight excluding hydrogens is 532 g/mol. The molecule has 0 aliphatic heterocycles. The fourth-order valence-electron chi connectivity index (χ4n) is 4.62. The minimum absolute atomic E-state index is 0.00670. The Kier molecular flexibility index (Phi) is 10.3. The van der Waals surface area contributed by atoms with Crippen LogP contribution in [-0.4, -0.2) is 47.4 Å².